The molecular weight excluding hydrogens is 486 g/mol. The molecule has 1 aliphatic rings. The third kappa shape index (κ3) is 4.78. The molecule has 0 atom stereocenters. The molecule has 0 aliphatic heterocycles. The zero-order valence-electron chi connectivity index (χ0n) is 16.8. The first-order valence-electron chi connectivity index (χ1n) is 10.1. The van der Waals surface area contributed by atoms with Gasteiger partial charge in [0.25, 0.3) is 0 Å². The van der Waals surface area contributed by atoms with Crippen molar-refractivity contribution in [1.29, 1.82) is 0 Å². The van der Waals surface area contributed by atoms with E-state index in [4.69, 9.17) is 28.3 Å². The first kappa shape index (κ1) is 21.5. The summed E-state index contributed by atoms with van der Waals surface area (Å²) in [5.74, 6) is 0. The van der Waals surface area contributed by atoms with Crippen LogP contribution in [0.1, 0.15) is 43.4 Å². The van der Waals surface area contributed by atoms with Crippen LogP contribution in [-0.4, -0.2) is 36.4 Å². The Hall–Kier alpha value is -1.72. The van der Waals surface area contributed by atoms with Crippen molar-refractivity contribution in [3.8, 4) is 15.8 Å². The number of hydrogen-bond acceptors (Lipinski definition) is 2. The van der Waals surface area contributed by atoms with Crippen LogP contribution in [0, 0.1) is 6.92 Å². The average molecular weight is 510 g/mol. The van der Waals surface area contributed by atoms with Gasteiger partial charge in [-0.25, -0.2) is 0 Å². The van der Waals surface area contributed by atoms with Crippen LogP contribution < -0.4 is 10.6 Å². The van der Waals surface area contributed by atoms with E-state index in [9.17, 15) is 4.79 Å². The van der Waals surface area contributed by atoms with Gasteiger partial charge in [0.05, 0.1) is 0 Å². The van der Waals surface area contributed by atoms with Crippen molar-refractivity contribution in [2.45, 2.75) is 51.6 Å². The Morgan fingerprint density at radius 3 is 2.73 bits per heavy atom. The Labute approximate surface area is 192 Å². The summed E-state index contributed by atoms with van der Waals surface area (Å²) in [6, 6.07) is 9.75. The topological polar surface area (TPSA) is 59.0 Å². The maximum absolute atomic E-state index is 12.4. The normalized spacial score (nSPS) is 14.6. The first-order chi connectivity index (χ1) is 14.5. The molecule has 158 valence electrons. The van der Waals surface area contributed by atoms with Crippen LogP contribution in [-0.2, 0) is 6.54 Å². The van der Waals surface area contributed by atoms with Crippen LogP contribution in [0.5, 0.6) is 0 Å². The predicted octanol–water partition coefficient (Wildman–Crippen LogP) is 5.34. The van der Waals surface area contributed by atoms with Crippen molar-refractivity contribution < 1.29 is 4.79 Å². The molecule has 2 amide bonds. The van der Waals surface area contributed by atoms with Crippen LogP contribution in [0.15, 0.2) is 35.3 Å². The van der Waals surface area contributed by atoms with Crippen LogP contribution in [0.25, 0.3) is 15.8 Å². The molecule has 1 aliphatic carbocycles. The third-order valence-corrected chi connectivity index (χ3v) is 7.85. The van der Waals surface area contributed by atoms with Gasteiger partial charge in [-0.15, -0.1) is 0 Å². The fraction of sp³-hybridized carbons (Fsp3) is 0.364. The van der Waals surface area contributed by atoms with Gasteiger partial charge >= 0.3 is 193 Å². The summed E-state index contributed by atoms with van der Waals surface area (Å²) in [7, 11) is 0. The third-order valence-electron chi connectivity index (χ3n) is 5.47. The average Bonchev–Trinajstić information content (AvgIpc) is 3.35. The second kappa shape index (κ2) is 9.61. The number of rotatable bonds is 5. The molecule has 0 radical (unpaired) electrons. The molecule has 5 nitrogen and oxygen atoms in total. The van der Waals surface area contributed by atoms with Gasteiger partial charge in [0.1, 0.15) is 0 Å². The minimum absolute atomic E-state index is 0.132. The van der Waals surface area contributed by atoms with Gasteiger partial charge in [0.2, 0.25) is 0 Å². The van der Waals surface area contributed by atoms with Gasteiger partial charge in [-0.2, -0.15) is 0 Å². The standard InChI is InChI=1S/C22H24Cl2N4OSe/c1-14-18(13-25-22(29)26-16-6-3-2-4-7-16)27-28(21(14)20-8-5-11-30-20)19-10-9-15(23)12-17(19)24/h5,8-12,16H,2-4,6-7,13H2,1H3,(H2,25,26,29). The van der Waals surface area contributed by atoms with Gasteiger partial charge in [-0.05, 0) is 0 Å². The Bertz CT molecular complexity index is 1030. The monoisotopic (exact) mass is 510 g/mol. The number of amides is 2. The van der Waals surface area contributed by atoms with E-state index in [1.54, 1.807) is 6.07 Å². The summed E-state index contributed by atoms with van der Waals surface area (Å²) in [4.78, 5) is 14.6. The molecule has 30 heavy (non-hydrogen) atoms. The second-order valence-electron chi connectivity index (χ2n) is 7.57. The van der Waals surface area contributed by atoms with E-state index in [0.717, 1.165) is 35.5 Å². The fourth-order valence-corrected chi connectivity index (χ4v) is 6.08. The minimum atomic E-state index is -0.132. The first-order valence-corrected chi connectivity index (χ1v) is 12.7. The number of aromatic nitrogens is 2. The summed E-state index contributed by atoms with van der Waals surface area (Å²) in [5, 5.41) is 12.0. The van der Waals surface area contributed by atoms with Crippen molar-refractivity contribution in [3.63, 3.8) is 0 Å². The molecule has 4 rings (SSSR count). The molecule has 8 heteroatoms. The molecule has 0 bridgehead atoms. The zero-order valence-corrected chi connectivity index (χ0v) is 20.0. The van der Waals surface area contributed by atoms with Crippen LogP contribution in [0.2, 0.25) is 10.0 Å². The van der Waals surface area contributed by atoms with Gasteiger partial charge in [0, 0.05) is 0 Å². The number of nitrogens with zero attached hydrogens (tertiary/aromatic N) is 2. The zero-order chi connectivity index (χ0) is 21.1. The SMILES string of the molecule is Cc1c(CNC(=O)NC2CCCCC2)nn(-c2ccc(Cl)cc2Cl)c1-c1ccc[se]1. The Morgan fingerprint density at radius 2 is 2.03 bits per heavy atom. The van der Waals surface area contributed by atoms with Crippen LogP contribution in [0.4, 0.5) is 4.79 Å². The van der Waals surface area contributed by atoms with Crippen molar-refractivity contribution in [1.82, 2.24) is 20.4 Å². The van der Waals surface area contributed by atoms with Gasteiger partial charge in [-0.1, -0.05) is 0 Å². The maximum atomic E-state index is 12.4. The van der Waals surface area contributed by atoms with E-state index < -0.39 is 0 Å². The predicted molar refractivity (Wildman–Crippen MR) is 123 cm³/mol. The summed E-state index contributed by atoms with van der Waals surface area (Å²) in [6.45, 7) is 2.41. The summed E-state index contributed by atoms with van der Waals surface area (Å²) in [6.07, 6.45) is 5.75. The van der Waals surface area contributed by atoms with E-state index in [2.05, 4.69) is 27.7 Å². The molecule has 3 aromatic rings. The van der Waals surface area contributed by atoms with Crippen LogP contribution >= 0.6 is 23.2 Å². The number of carbonyl (C=O) groups excluding carboxylic acids is 1. The van der Waals surface area contributed by atoms with E-state index in [1.165, 1.54) is 23.7 Å². The van der Waals surface area contributed by atoms with E-state index >= 15 is 0 Å². The van der Waals surface area contributed by atoms with Crippen LogP contribution in [0.3, 0.4) is 0 Å². The number of hydrogen-bond donors (Lipinski definition) is 2. The van der Waals surface area contributed by atoms with Crippen molar-refractivity contribution in [2.75, 3.05) is 0 Å². The van der Waals surface area contributed by atoms with Crippen molar-refractivity contribution >= 4 is 43.7 Å². The summed E-state index contributed by atoms with van der Waals surface area (Å²) >= 11 is 12.8. The molecule has 0 spiro atoms. The second-order valence-corrected chi connectivity index (χ2v) is 10.4. The van der Waals surface area contributed by atoms with E-state index in [-0.39, 0.29) is 26.6 Å². The molecule has 1 saturated carbocycles. The number of nitrogens with one attached hydrogen (secondary N) is 2. The Balaban J connectivity index is 1.59. The molecular formula is C22H24Cl2N4OSe. The Kier molecular flexibility index (Phi) is 6.89. The number of halogens is 2. The summed E-state index contributed by atoms with van der Waals surface area (Å²) < 4.78 is 3.11. The molecule has 2 N–H and O–H groups in total. The molecule has 0 saturated heterocycles. The van der Waals surface area contributed by atoms with Crippen molar-refractivity contribution in [3.05, 3.63) is 56.6 Å². The number of benzene rings is 1. The quantitative estimate of drug-likeness (QED) is 0.456. The molecule has 0 unspecified atom stereocenters. The van der Waals surface area contributed by atoms with Gasteiger partial charge in [0.15, 0.2) is 0 Å². The Morgan fingerprint density at radius 1 is 1.23 bits per heavy atom. The molecule has 2 heterocycles. The van der Waals surface area contributed by atoms with Gasteiger partial charge < -0.3 is 0 Å². The van der Waals surface area contributed by atoms with E-state index in [1.807, 2.05) is 23.7 Å². The fourth-order valence-electron chi connectivity index (χ4n) is 3.89. The van der Waals surface area contributed by atoms with E-state index in [0.29, 0.717) is 16.6 Å². The van der Waals surface area contributed by atoms with Crippen molar-refractivity contribution in [2.24, 2.45) is 0 Å². The van der Waals surface area contributed by atoms with Gasteiger partial charge in [-0.3, -0.25) is 0 Å². The number of carbonyl (C=O) groups is 1. The molecule has 1 fully saturated rings. The molecule has 1 aromatic carbocycles. The number of urea groups is 1. The summed E-state index contributed by atoms with van der Waals surface area (Å²) in [5.41, 5.74) is 3.70. The molecule has 2 aromatic heterocycles.